The van der Waals surface area contributed by atoms with Gasteiger partial charge in [-0.1, -0.05) is 36.4 Å². The monoisotopic (exact) mass is 352 g/mol. The molecule has 0 radical (unpaired) electrons. The predicted molar refractivity (Wildman–Crippen MR) is 102 cm³/mol. The highest BCUT2D eigenvalue weighted by Gasteiger charge is 2.15. The van der Waals surface area contributed by atoms with Crippen LogP contribution in [0.5, 0.6) is 5.75 Å². The minimum absolute atomic E-state index is 0.00261. The van der Waals surface area contributed by atoms with Crippen molar-refractivity contribution in [1.82, 2.24) is 5.32 Å². The third-order valence-electron chi connectivity index (χ3n) is 3.80. The Morgan fingerprint density at radius 2 is 1.80 bits per heavy atom. The molecule has 128 valence electrons. The Morgan fingerprint density at radius 1 is 1.04 bits per heavy atom. The maximum atomic E-state index is 12.3. The molecule has 2 N–H and O–H groups in total. The van der Waals surface area contributed by atoms with Crippen LogP contribution >= 0.6 is 11.3 Å². The van der Waals surface area contributed by atoms with Crippen LogP contribution in [-0.4, -0.2) is 19.6 Å². The molecule has 3 aromatic rings. The number of hydrogen-bond acceptors (Lipinski definition) is 4. The normalized spacial score (nSPS) is 11.7. The van der Waals surface area contributed by atoms with Gasteiger partial charge in [0.1, 0.15) is 5.75 Å². The van der Waals surface area contributed by atoms with E-state index >= 15 is 0 Å². The van der Waals surface area contributed by atoms with Crippen LogP contribution in [-0.2, 0) is 4.79 Å². The highest BCUT2D eigenvalue weighted by molar-refractivity contribution is 7.10. The molecule has 25 heavy (non-hydrogen) atoms. The fraction of sp³-hybridized carbons (Fsp3) is 0.150. The molecule has 1 amide bonds. The maximum Gasteiger partial charge on any atom is 0.238 e. The van der Waals surface area contributed by atoms with Crippen LogP contribution in [0.4, 0.5) is 5.69 Å². The molecular weight excluding hydrogens is 332 g/mol. The summed E-state index contributed by atoms with van der Waals surface area (Å²) in [6.45, 7) is 0.226. The van der Waals surface area contributed by atoms with Gasteiger partial charge in [0.15, 0.2) is 0 Å². The van der Waals surface area contributed by atoms with Gasteiger partial charge in [-0.2, -0.15) is 0 Å². The molecular formula is C20H20N2O2S. The van der Waals surface area contributed by atoms with E-state index in [9.17, 15) is 4.79 Å². The van der Waals surface area contributed by atoms with Crippen LogP contribution in [0.25, 0.3) is 0 Å². The summed E-state index contributed by atoms with van der Waals surface area (Å²) in [5.74, 6) is 0.681. The van der Waals surface area contributed by atoms with E-state index in [-0.39, 0.29) is 18.5 Å². The van der Waals surface area contributed by atoms with Crippen molar-refractivity contribution in [3.63, 3.8) is 0 Å². The van der Waals surface area contributed by atoms with Crippen LogP contribution in [0.15, 0.2) is 72.1 Å². The topological polar surface area (TPSA) is 50.4 Å². The Morgan fingerprint density at radius 3 is 2.44 bits per heavy atom. The molecule has 3 rings (SSSR count). The van der Waals surface area contributed by atoms with Crippen LogP contribution in [0.2, 0.25) is 0 Å². The molecule has 1 heterocycles. The Labute approximate surface area is 151 Å². The Hall–Kier alpha value is -2.63. The van der Waals surface area contributed by atoms with Crippen molar-refractivity contribution in [2.24, 2.45) is 0 Å². The van der Waals surface area contributed by atoms with Gasteiger partial charge >= 0.3 is 0 Å². The molecule has 0 aliphatic rings. The zero-order valence-corrected chi connectivity index (χ0v) is 14.8. The van der Waals surface area contributed by atoms with Gasteiger partial charge < -0.3 is 10.1 Å². The summed E-state index contributed by atoms with van der Waals surface area (Å²) in [7, 11) is 1.62. The summed E-state index contributed by atoms with van der Waals surface area (Å²) < 4.78 is 5.12. The second-order valence-electron chi connectivity index (χ2n) is 5.52. The Kier molecular flexibility index (Phi) is 5.82. The first kappa shape index (κ1) is 17.2. The number of thiophene rings is 1. The number of anilines is 1. The standard InChI is InChI=1S/C20H20N2O2S/c1-24-17-11-9-16(10-12-17)22-19(23)14-21-20(18-8-5-13-25-18)15-6-3-2-4-7-15/h2-13,20-21H,14H2,1H3,(H,22,23)/t20-/m0/s1. The lowest BCUT2D eigenvalue weighted by Gasteiger charge is -2.18. The lowest BCUT2D eigenvalue weighted by atomic mass is 10.1. The first-order valence-corrected chi connectivity index (χ1v) is 8.90. The largest absolute Gasteiger partial charge is 0.497 e. The molecule has 0 saturated heterocycles. The van der Waals surface area contributed by atoms with E-state index in [4.69, 9.17) is 4.74 Å². The quantitative estimate of drug-likeness (QED) is 0.674. The summed E-state index contributed by atoms with van der Waals surface area (Å²) in [6, 6.07) is 21.5. The molecule has 1 aromatic heterocycles. The van der Waals surface area contributed by atoms with E-state index in [0.29, 0.717) is 0 Å². The fourth-order valence-corrected chi connectivity index (χ4v) is 3.38. The summed E-state index contributed by atoms with van der Waals surface area (Å²) in [5, 5.41) is 8.29. The van der Waals surface area contributed by atoms with Crippen molar-refractivity contribution < 1.29 is 9.53 Å². The number of carbonyl (C=O) groups excluding carboxylic acids is 1. The van der Waals surface area contributed by atoms with Gasteiger partial charge in [0.05, 0.1) is 19.7 Å². The van der Waals surface area contributed by atoms with Crippen LogP contribution in [0.3, 0.4) is 0 Å². The highest BCUT2D eigenvalue weighted by atomic mass is 32.1. The molecule has 0 saturated carbocycles. The number of methoxy groups -OCH3 is 1. The second-order valence-corrected chi connectivity index (χ2v) is 6.50. The summed E-state index contributed by atoms with van der Waals surface area (Å²) in [6.07, 6.45) is 0. The second kappa shape index (κ2) is 8.46. The smallest absolute Gasteiger partial charge is 0.238 e. The fourth-order valence-electron chi connectivity index (χ4n) is 2.56. The van der Waals surface area contributed by atoms with E-state index < -0.39 is 0 Å². The van der Waals surface area contributed by atoms with Crippen LogP contribution in [0, 0.1) is 0 Å². The number of amides is 1. The van der Waals surface area contributed by atoms with Crippen LogP contribution in [0.1, 0.15) is 16.5 Å². The number of rotatable bonds is 7. The molecule has 4 nitrogen and oxygen atoms in total. The van der Waals surface area contributed by atoms with Gasteiger partial charge in [0.2, 0.25) is 5.91 Å². The minimum Gasteiger partial charge on any atom is -0.497 e. The SMILES string of the molecule is COc1ccc(NC(=O)CN[C@@H](c2ccccc2)c2cccs2)cc1. The Bertz CT molecular complexity index is 786. The molecule has 0 aliphatic carbocycles. The molecule has 0 aliphatic heterocycles. The van der Waals surface area contributed by atoms with Crippen molar-refractivity contribution in [2.75, 3.05) is 19.0 Å². The first-order valence-electron chi connectivity index (χ1n) is 8.02. The van der Waals surface area contributed by atoms with Gasteiger partial charge in [0.25, 0.3) is 0 Å². The molecule has 5 heteroatoms. The zero-order valence-electron chi connectivity index (χ0n) is 13.9. The maximum absolute atomic E-state index is 12.3. The average molecular weight is 352 g/mol. The number of ether oxygens (including phenoxy) is 1. The first-order chi connectivity index (χ1) is 12.3. The third-order valence-corrected chi connectivity index (χ3v) is 4.74. The number of carbonyl (C=O) groups is 1. The molecule has 0 unspecified atom stereocenters. The van der Waals surface area contributed by atoms with Crippen molar-refractivity contribution in [3.05, 3.63) is 82.6 Å². The lowest BCUT2D eigenvalue weighted by molar-refractivity contribution is -0.115. The molecule has 1 atom stereocenters. The van der Waals surface area contributed by atoms with Crippen LogP contribution < -0.4 is 15.4 Å². The summed E-state index contributed by atoms with van der Waals surface area (Å²) in [4.78, 5) is 13.5. The van der Waals surface area contributed by atoms with E-state index in [1.165, 1.54) is 4.88 Å². The molecule has 2 aromatic carbocycles. The van der Waals surface area contributed by atoms with Crippen molar-refractivity contribution in [1.29, 1.82) is 0 Å². The third kappa shape index (κ3) is 4.68. The lowest BCUT2D eigenvalue weighted by Crippen LogP contribution is -2.31. The van der Waals surface area contributed by atoms with E-state index in [1.807, 2.05) is 53.9 Å². The molecule has 0 bridgehead atoms. The minimum atomic E-state index is -0.0809. The van der Waals surface area contributed by atoms with E-state index in [2.05, 4.69) is 28.8 Å². The number of nitrogens with one attached hydrogen (secondary N) is 2. The number of benzene rings is 2. The van der Waals surface area contributed by atoms with E-state index in [1.54, 1.807) is 18.4 Å². The zero-order chi connectivity index (χ0) is 17.5. The van der Waals surface area contributed by atoms with Crippen molar-refractivity contribution >= 4 is 22.9 Å². The average Bonchev–Trinajstić information content (AvgIpc) is 3.18. The van der Waals surface area contributed by atoms with Gasteiger partial charge in [0, 0.05) is 10.6 Å². The van der Waals surface area contributed by atoms with E-state index in [0.717, 1.165) is 17.0 Å². The van der Waals surface area contributed by atoms with Crippen molar-refractivity contribution in [3.8, 4) is 5.75 Å². The molecule has 0 fully saturated rings. The molecule has 0 spiro atoms. The van der Waals surface area contributed by atoms with Crippen molar-refractivity contribution in [2.45, 2.75) is 6.04 Å². The van der Waals surface area contributed by atoms with Gasteiger partial charge in [-0.25, -0.2) is 0 Å². The van der Waals surface area contributed by atoms with Gasteiger partial charge in [-0.15, -0.1) is 11.3 Å². The van der Waals surface area contributed by atoms with Gasteiger partial charge in [-0.05, 0) is 41.3 Å². The summed E-state index contributed by atoms with van der Waals surface area (Å²) in [5.41, 5.74) is 1.89. The van der Waals surface area contributed by atoms with Gasteiger partial charge in [-0.3, -0.25) is 10.1 Å². The number of hydrogen-bond donors (Lipinski definition) is 2. The highest BCUT2D eigenvalue weighted by Crippen LogP contribution is 2.25. The predicted octanol–water partition coefficient (Wildman–Crippen LogP) is 4.07. The summed E-state index contributed by atoms with van der Waals surface area (Å²) >= 11 is 1.68. The Balaban J connectivity index is 1.63.